The number of amides is 2. The van der Waals surface area contributed by atoms with Crippen molar-refractivity contribution >= 4 is 28.3 Å². The molecule has 0 N–H and O–H groups in total. The number of rotatable bonds is 2. The van der Waals surface area contributed by atoms with Crippen LogP contribution >= 0.6 is 0 Å². The van der Waals surface area contributed by atoms with Crippen LogP contribution in [0.1, 0.15) is 84.9 Å². The third-order valence-electron chi connectivity index (χ3n) is 5.16. The smallest absolute Gasteiger partial charge is 0.265 e. The van der Waals surface area contributed by atoms with Gasteiger partial charge in [-0.25, -0.2) is 4.90 Å². The summed E-state index contributed by atoms with van der Waals surface area (Å²) >= 11 is 0. The molecule has 3 aromatic carbocycles. The average molecular weight is 404 g/mol. The molecule has 0 unspecified atom stereocenters. The van der Waals surface area contributed by atoms with Gasteiger partial charge in [-0.3, -0.25) is 9.59 Å². The van der Waals surface area contributed by atoms with Gasteiger partial charge >= 0.3 is 0 Å². The predicted octanol–water partition coefficient (Wildman–Crippen LogP) is 7.43. The number of carbonyl (C=O) groups is 2. The molecule has 30 heavy (non-hydrogen) atoms. The van der Waals surface area contributed by atoms with Gasteiger partial charge in [0.2, 0.25) is 0 Å². The summed E-state index contributed by atoms with van der Waals surface area (Å²) < 4.78 is 0. The first-order chi connectivity index (χ1) is 14.4. The van der Waals surface area contributed by atoms with Crippen LogP contribution in [-0.2, 0) is 0 Å². The van der Waals surface area contributed by atoms with E-state index in [-0.39, 0.29) is 11.8 Å². The molecule has 158 valence electrons. The molecule has 1 aliphatic rings. The Morgan fingerprint density at radius 3 is 1.93 bits per heavy atom. The van der Waals surface area contributed by atoms with E-state index >= 15 is 0 Å². The van der Waals surface area contributed by atoms with Gasteiger partial charge in [0, 0.05) is 16.5 Å². The molecule has 0 spiro atoms. The van der Waals surface area contributed by atoms with Crippen molar-refractivity contribution < 1.29 is 9.59 Å². The fourth-order valence-corrected chi connectivity index (χ4v) is 3.90. The van der Waals surface area contributed by atoms with E-state index in [0.29, 0.717) is 22.7 Å². The highest BCUT2D eigenvalue weighted by Crippen LogP contribution is 2.37. The van der Waals surface area contributed by atoms with Crippen molar-refractivity contribution in [1.29, 1.82) is 0 Å². The van der Waals surface area contributed by atoms with E-state index < -0.39 is 0 Å². The fraction of sp³-hybridized carbons (Fsp3) is 0.333. The molecule has 3 aromatic rings. The minimum absolute atomic E-state index is 0.249. The Kier molecular flexibility index (Phi) is 7.55. The third-order valence-corrected chi connectivity index (χ3v) is 5.16. The number of anilines is 1. The zero-order chi connectivity index (χ0) is 22.6. The zero-order valence-corrected chi connectivity index (χ0v) is 19.5. The first-order valence-electron chi connectivity index (χ1n) is 10.9. The molecular weight excluding hydrogens is 370 g/mol. The molecule has 0 aliphatic carbocycles. The van der Waals surface area contributed by atoms with Gasteiger partial charge in [-0.2, -0.15) is 0 Å². The lowest BCUT2D eigenvalue weighted by atomic mass is 9.87. The molecule has 4 rings (SSSR count). The minimum atomic E-state index is -0.249. The summed E-state index contributed by atoms with van der Waals surface area (Å²) in [7, 11) is 0. The molecule has 1 heterocycles. The molecule has 3 heteroatoms. The van der Waals surface area contributed by atoms with Crippen molar-refractivity contribution in [3.63, 3.8) is 0 Å². The third kappa shape index (κ3) is 3.89. The van der Waals surface area contributed by atoms with E-state index in [2.05, 4.69) is 13.8 Å². The Hall–Kier alpha value is -2.94. The summed E-state index contributed by atoms with van der Waals surface area (Å²) in [5.74, 6) is -0.177. The number of carbonyl (C=O) groups excluding carboxylic acids is 2. The molecule has 0 fully saturated rings. The Balaban J connectivity index is 0.000000757. The van der Waals surface area contributed by atoms with Crippen molar-refractivity contribution in [2.45, 2.75) is 61.3 Å². The number of hydrogen-bond acceptors (Lipinski definition) is 2. The van der Waals surface area contributed by atoms with Crippen LogP contribution in [0.25, 0.3) is 10.8 Å². The molecule has 0 radical (unpaired) electrons. The summed E-state index contributed by atoms with van der Waals surface area (Å²) in [4.78, 5) is 27.8. The first-order valence-corrected chi connectivity index (χ1v) is 10.9. The van der Waals surface area contributed by atoms with Crippen molar-refractivity contribution in [3.8, 4) is 0 Å². The molecule has 2 amide bonds. The summed E-state index contributed by atoms with van der Waals surface area (Å²) in [6, 6.07) is 15.4. The monoisotopic (exact) mass is 403 g/mol. The second-order valence-electron chi connectivity index (χ2n) is 7.32. The zero-order valence-electron chi connectivity index (χ0n) is 19.5. The van der Waals surface area contributed by atoms with Crippen molar-refractivity contribution in [1.82, 2.24) is 0 Å². The number of aryl methyl sites for hydroxylation is 2. The van der Waals surface area contributed by atoms with Crippen LogP contribution in [0.3, 0.4) is 0 Å². The van der Waals surface area contributed by atoms with E-state index in [1.807, 2.05) is 90.1 Å². The summed E-state index contributed by atoms with van der Waals surface area (Å²) in [5, 5.41) is 1.78. The topological polar surface area (TPSA) is 37.4 Å². The Morgan fingerprint density at radius 1 is 0.767 bits per heavy atom. The van der Waals surface area contributed by atoms with Crippen LogP contribution in [0.4, 0.5) is 5.69 Å². The highest BCUT2D eigenvalue weighted by atomic mass is 16.2. The lowest BCUT2D eigenvalue weighted by molar-refractivity contribution is 0.0893. The molecule has 0 bridgehead atoms. The fourth-order valence-electron chi connectivity index (χ4n) is 3.90. The van der Waals surface area contributed by atoms with Crippen LogP contribution in [0.5, 0.6) is 0 Å². The van der Waals surface area contributed by atoms with E-state index in [1.54, 1.807) is 0 Å². The van der Waals surface area contributed by atoms with Crippen molar-refractivity contribution in [3.05, 3.63) is 76.3 Å². The van der Waals surface area contributed by atoms with E-state index in [1.165, 1.54) is 4.90 Å². The van der Waals surface area contributed by atoms with Crippen molar-refractivity contribution in [2.75, 3.05) is 4.90 Å². The van der Waals surface area contributed by atoms with Crippen LogP contribution in [-0.4, -0.2) is 11.8 Å². The average Bonchev–Trinajstić information content (AvgIpc) is 2.75. The van der Waals surface area contributed by atoms with Gasteiger partial charge in [0.15, 0.2) is 0 Å². The normalized spacial score (nSPS) is 12.4. The number of nitrogens with zero attached hydrogens (tertiary/aromatic N) is 1. The van der Waals surface area contributed by atoms with Gasteiger partial charge in [0.25, 0.3) is 11.8 Å². The summed E-state index contributed by atoms with van der Waals surface area (Å²) in [6.07, 6.45) is 0. The van der Waals surface area contributed by atoms with Gasteiger partial charge in [0.1, 0.15) is 0 Å². The molecule has 1 aliphatic heterocycles. The van der Waals surface area contributed by atoms with Gasteiger partial charge < -0.3 is 0 Å². The number of imide groups is 1. The predicted molar refractivity (Wildman–Crippen MR) is 128 cm³/mol. The molecule has 0 aromatic heterocycles. The van der Waals surface area contributed by atoms with Gasteiger partial charge in [-0.15, -0.1) is 0 Å². The van der Waals surface area contributed by atoms with Gasteiger partial charge in [-0.05, 0) is 54.5 Å². The van der Waals surface area contributed by atoms with Gasteiger partial charge in [-0.1, -0.05) is 77.4 Å². The molecule has 3 nitrogen and oxygen atoms in total. The minimum Gasteiger partial charge on any atom is -0.268 e. The molecule has 0 atom stereocenters. The Bertz CT molecular complexity index is 1060. The largest absolute Gasteiger partial charge is 0.268 e. The Labute approximate surface area is 180 Å². The highest BCUT2D eigenvalue weighted by molar-refractivity contribution is 6.36. The molecule has 0 saturated heterocycles. The Morgan fingerprint density at radius 2 is 1.37 bits per heavy atom. The van der Waals surface area contributed by atoms with E-state index in [0.717, 1.165) is 27.5 Å². The number of hydrogen-bond donors (Lipinski definition) is 0. The van der Waals surface area contributed by atoms with Crippen LogP contribution in [0.15, 0.2) is 48.5 Å². The van der Waals surface area contributed by atoms with Crippen LogP contribution < -0.4 is 4.90 Å². The molecule has 0 saturated carbocycles. The number of benzene rings is 3. The highest BCUT2D eigenvalue weighted by Gasteiger charge is 2.35. The SMILES string of the molecule is CC.CC.Cc1ccc(N2C(=O)c3cccc4c(C(C)C)ccc(c34)C2=O)c(C)c1. The quantitative estimate of drug-likeness (QED) is 0.417. The van der Waals surface area contributed by atoms with Crippen molar-refractivity contribution in [2.24, 2.45) is 0 Å². The van der Waals surface area contributed by atoms with E-state index in [9.17, 15) is 9.59 Å². The summed E-state index contributed by atoms with van der Waals surface area (Å²) in [6.45, 7) is 16.2. The van der Waals surface area contributed by atoms with E-state index in [4.69, 9.17) is 0 Å². The maximum Gasteiger partial charge on any atom is 0.265 e. The van der Waals surface area contributed by atoms with Crippen LogP contribution in [0.2, 0.25) is 0 Å². The second-order valence-corrected chi connectivity index (χ2v) is 7.32. The maximum atomic E-state index is 13.2. The summed E-state index contributed by atoms with van der Waals surface area (Å²) in [5.41, 5.74) is 5.03. The van der Waals surface area contributed by atoms with Gasteiger partial charge in [0.05, 0.1) is 5.69 Å². The standard InChI is InChI=1S/C23H21NO2.2C2H6/c1-13(2)16-9-10-19-21-17(16)6-5-7-18(21)22(25)24(23(19)26)20-11-8-14(3)12-15(20)4;2*1-2/h5-13H,1-4H3;2*1-2H3. The van der Waals surface area contributed by atoms with Crippen LogP contribution in [0, 0.1) is 13.8 Å². The lowest BCUT2D eigenvalue weighted by Crippen LogP contribution is -2.41. The maximum absolute atomic E-state index is 13.2. The second kappa shape index (κ2) is 9.71. The first kappa shape index (κ1) is 23.3. The lowest BCUT2D eigenvalue weighted by Gasteiger charge is -2.29. The molecular formula is C27H33NO2.